The molecule has 19 heavy (non-hydrogen) atoms. The highest BCUT2D eigenvalue weighted by Gasteiger charge is 2.12. The van der Waals surface area contributed by atoms with E-state index in [4.69, 9.17) is 5.11 Å². The topological polar surface area (TPSA) is 66.0 Å². The summed E-state index contributed by atoms with van der Waals surface area (Å²) in [5, 5.41) is 11.2. The van der Waals surface area contributed by atoms with Crippen molar-refractivity contribution in [2.75, 3.05) is 0 Å². The van der Waals surface area contributed by atoms with Gasteiger partial charge in [-0.05, 0) is 30.2 Å². The first-order valence-corrected chi connectivity index (χ1v) is 6.22. The SMILES string of the molecule is CC(Cc1ccc2[nH]c3cnccc3c2c1)C(=O)O. The van der Waals surface area contributed by atoms with Gasteiger partial charge in [-0.2, -0.15) is 0 Å². The highest BCUT2D eigenvalue weighted by Crippen LogP contribution is 2.26. The molecule has 0 saturated heterocycles. The summed E-state index contributed by atoms with van der Waals surface area (Å²) in [6, 6.07) is 8.01. The van der Waals surface area contributed by atoms with Crippen molar-refractivity contribution in [2.24, 2.45) is 5.92 Å². The Morgan fingerprint density at radius 2 is 2.16 bits per heavy atom. The van der Waals surface area contributed by atoms with Crippen LogP contribution in [0.25, 0.3) is 21.8 Å². The van der Waals surface area contributed by atoms with Gasteiger partial charge >= 0.3 is 5.97 Å². The molecule has 0 aliphatic heterocycles. The van der Waals surface area contributed by atoms with Crippen LogP contribution < -0.4 is 0 Å². The number of hydrogen-bond donors (Lipinski definition) is 2. The number of H-pyrrole nitrogens is 1. The first-order valence-electron chi connectivity index (χ1n) is 6.22. The van der Waals surface area contributed by atoms with Crippen molar-refractivity contribution in [1.29, 1.82) is 0 Å². The van der Waals surface area contributed by atoms with Crippen molar-refractivity contribution >= 4 is 27.8 Å². The van der Waals surface area contributed by atoms with Crippen molar-refractivity contribution in [2.45, 2.75) is 13.3 Å². The molecule has 0 radical (unpaired) electrons. The van der Waals surface area contributed by atoms with Crippen LogP contribution in [-0.4, -0.2) is 21.0 Å². The number of carboxylic acid groups (broad SMARTS) is 1. The van der Waals surface area contributed by atoms with E-state index in [9.17, 15) is 4.79 Å². The molecule has 1 unspecified atom stereocenters. The fourth-order valence-electron chi connectivity index (χ4n) is 2.37. The van der Waals surface area contributed by atoms with Crippen LogP contribution in [0.1, 0.15) is 12.5 Å². The van der Waals surface area contributed by atoms with Gasteiger partial charge in [0.25, 0.3) is 0 Å². The smallest absolute Gasteiger partial charge is 0.306 e. The number of pyridine rings is 1. The molecule has 3 rings (SSSR count). The monoisotopic (exact) mass is 254 g/mol. The van der Waals surface area contributed by atoms with Gasteiger partial charge in [0.05, 0.1) is 17.6 Å². The Kier molecular flexibility index (Phi) is 2.71. The molecule has 2 aromatic heterocycles. The van der Waals surface area contributed by atoms with Crippen LogP contribution in [0, 0.1) is 5.92 Å². The van der Waals surface area contributed by atoms with E-state index in [1.807, 2.05) is 18.2 Å². The molecule has 0 aliphatic rings. The number of nitrogens with zero attached hydrogens (tertiary/aromatic N) is 1. The molecule has 4 nitrogen and oxygen atoms in total. The number of aromatic nitrogens is 2. The Balaban J connectivity index is 2.09. The van der Waals surface area contributed by atoms with Gasteiger partial charge in [-0.15, -0.1) is 0 Å². The van der Waals surface area contributed by atoms with E-state index >= 15 is 0 Å². The average molecular weight is 254 g/mol. The van der Waals surface area contributed by atoms with Gasteiger partial charge in [-0.1, -0.05) is 13.0 Å². The summed E-state index contributed by atoms with van der Waals surface area (Å²) in [6.45, 7) is 1.73. The molecular formula is C15H14N2O2. The van der Waals surface area contributed by atoms with Gasteiger partial charge in [-0.25, -0.2) is 0 Å². The van der Waals surface area contributed by atoms with E-state index in [0.29, 0.717) is 6.42 Å². The average Bonchev–Trinajstić information content (AvgIpc) is 2.76. The quantitative estimate of drug-likeness (QED) is 0.755. The minimum Gasteiger partial charge on any atom is -0.481 e. The lowest BCUT2D eigenvalue weighted by Crippen LogP contribution is -2.12. The number of nitrogens with one attached hydrogen (secondary N) is 1. The summed E-state index contributed by atoms with van der Waals surface area (Å²) in [5.41, 5.74) is 3.09. The number of benzene rings is 1. The molecule has 0 amide bonds. The summed E-state index contributed by atoms with van der Waals surface area (Å²) in [7, 11) is 0. The lowest BCUT2D eigenvalue weighted by atomic mass is 10.00. The van der Waals surface area contributed by atoms with Gasteiger partial charge in [-0.3, -0.25) is 9.78 Å². The summed E-state index contributed by atoms with van der Waals surface area (Å²) < 4.78 is 0. The van der Waals surface area contributed by atoms with Crippen LogP contribution >= 0.6 is 0 Å². The first kappa shape index (κ1) is 11.7. The molecule has 2 N–H and O–H groups in total. The number of carbonyl (C=O) groups is 1. The number of fused-ring (bicyclic) bond motifs is 3. The van der Waals surface area contributed by atoms with Gasteiger partial charge in [0.2, 0.25) is 0 Å². The Morgan fingerprint density at radius 3 is 2.95 bits per heavy atom. The Bertz CT molecular complexity index is 761. The van der Waals surface area contributed by atoms with Crippen LogP contribution in [0.5, 0.6) is 0 Å². The molecule has 1 atom stereocenters. The molecule has 0 saturated carbocycles. The summed E-state index contributed by atoms with van der Waals surface area (Å²) >= 11 is 0. The van der Waals surface area contributed by atoms with E-state index in [-0.39, 0.29) is 5.92 Å². The zero-order valence-electron chi connectivity index (χ0n) is 10.6. The lowest BCUT2D eigenvalue weighted by Gasteiger charge is -2.06. The third kappa shape index (κ3) is 2.05. The Morgan fingerprint density at radius 1 is 1.32 bits per heavy atom. The van der Waals surface area contributed by atoms with Crippen molar-refractivity contribution < 1.29 is 9.90 Å². The third-order valence-electron chi connectivity index (χ3n) is 3.43. The van der Waals surface area contributed by atoms with Gasteiger partial charge < -0.3 is 10.1 Å². The molecule has 4 heteroatoms. The summed E-state index contributed by atoms with van der Waals surface area (Å²) in [5.74, 6) is -1.13. The van der Waals surface area contributed by atoms with Crippen molar-refractivity contribution in [3.8, 4) is 0 Å². The fourth-order valence-corrected chi connectivity index (χ4v) is 2.37. The Labute approximate surface area is 110 Å². The van der Waals surface area contributed by atoms with E-state index in [1.165, 1.54) is 0 Å². The molecule has 1 aromatic carbocycles. The number of aromatic amines is 1. The number of hydrogen-bond acceptors (Lipinski definition) is 2. The summed E-state index contributed by atoms with van der Waals surface area (Å²) in [4.78, 5) is 18.3. The molecule has 0 bridgehead atoms. The maximum Gasteiger partial charge on any atom is 0.306 e. The minimum atomic E-state index is -0.761. The highest BCUT2D eigenvalue weighted by atomic mass is 16.4. The summed E-state index contributed by atoms with van der Waals surface area (Å²) in [6.07, 6.45) is 4.11. The van der Waals surface area contributed by atoms with Crippen LogP contribution in [0.15, 0.2) is 36.7 Å². The maximum atomic E-state index is 10.9. The number of carboxylic acids is 1. The second kappa shape index (κ2) is 4.39. The van der Waals surface area contributed by atoms with E-state index in [2.05, 4.69) is 16.0 Å². The first-order chi connectivity index (χ1) is 9.15. The van der Waals surface area contributed by atoms with Gasteiger partial charge in [0.1, 0.15) is 0 Å². The fraction of sp³-hybridized carbons (Fsp3) is 0.200. The maximum absolute atomic E-state index is 10.9. The molecule has 2 heterocycles. The van der Waals surface area contributed by atoms with Crippen LogP contribution in [0.3, 0.4) is 0 Å². The predicted molar refractivity (Wildman–Crippen MR) is 74.1 cm³/mol. The second-order valence-electron chi connectivity index (χ2n) is 4.87. The van der Waals surface area contributed by atoms with Crippen molar-refractivity contribution in [1.82, 2.24) is 9.97 Å². The Hall–Kier alpha value is -2.36. The van der Waals surface area contributed by atoms with E-state index < -0.39 is 5.97 Å². The molecule has 0 spiro atoms. The largest absolute Gasteiger partial charge is 0.481 e. The minimum absolute atomic E-state index is 0.371. The van der Waals surface area contributed by atoms with E-state index in [0.717, 1.165) is 27.4 Å². The van der Waals surface area contributed by atoms with Crippen molar-refractivity contribution in [3.05, 3.63) is 42.2 Å². The molecule has 0 aliphatic carbocycles. The zero-order chi connectivity index (χ0) is 13.4. The molecular weight excluding hydrogens is 240 g/mol. The normalized spacial score (nSPS) is 12.9. The van der Waals surface area contributed by atoms with Crippen LogP contribution in [0.2, 0.25) is 0 Å². The molecule has 3 aromatic rings. The van der Waals surface area contributed by atoms with Gasteiger partial charge in [0.15, 0.2) is 0 Å². The lowest BCUT2D eigenvalue weighted by molar-refractivity contribution is -0.141. The molecule has 0 fully saturated rings. The van der Waals surface area contributed by atoms with Crippen LogP contribution in [0.4, 0.5) is 0 Å². The van der Waals surface area contributed by atoms with Crippen LogP contribution in [-0.2, 0) is 11.2 Å². The van der Waals surface area contributed by atoms with E-state index in [1.54, 1.807) is 19.3 Å². The highest BCUT2D eigenvalue weighted by molar-refractivity contribution is 6.07. The molecule has 96 valence electrons. The standard InChI is InChI=1S/C15H14N2O2/c1-9(15(18)19)6-10-2-3-13-12(7-10)11-4-5-16-8-14(11)17-13/h2-5,7-9,17H,6H2,1H3,(H,18,19). The number of aliphatic carboxylic acids is 1. The van der Waals surface area contributed by atoms with Gasteiger partial charge in [0, 0.05) is 22.5 Å². The van der Waals surface area contributed by atoms with Crippen molar-refractivity contribution in [3.63, 3.8) is 0 Å². The number of rotatable bonds is 3. The third-order valence-corrected chi connectivity index (χ3v) is 3.43. The zero-order valence-corrected chi connectivity index (χ0v) is 10.6. The second-order valence-corrected chi connectivity index (χ2v) is 4.87. The predicted octanol–water partition coefficient (Wildman–Crippen LogP) is 2.98.